The lowest BCUT2D eigenvalue weighted by Crippen LogP contribution is -2.48. The standard InChI is InChI=1S/C21H35N3O2/c1-6-22-19(24-20(3,4)5)23-16-21(12-14-25-15-13-21)17-8-10-18(11-9-17)26-7-2/h8-11H,6-7,12-16H2,1-5H3,(H2,22,23,24). The molecule has 5 heteroatoms. The van der Waals surface area contributed by atoms with Gasteiger partial charge in [-0.3, -0.25) is 4.99 Å². The van der Waals surface area contributed by atoms with Gasteiger partial charge in [0.05, 0.1) is 13.2 Å². The number of nitrogens with zero attached hydrogens (tertiary/aromatic N) is 1. The van der Waals surface area contributed by atoms with Gasteiger partial charge < -0.3 is 20.1 Å². The minimum Gasteiger partial charge on any atom is -0.494 e. The monoisotopic (exact) mass is 361 g/mol. The summed E-state index contributed by atoms with van der Waals surface area (Å²) < 4.78 is 11.2. The number of ether oxygens (including phenoxy) is 2. The second kappa shape index (κ2) is 9.26. The van der Waals surface area contributed by atoms with E-state index in [1.165, 1.54) is 5.56 Å². The molecular weight excluding hydrogens is 326 g/mol. The van der Waals surface area contributed by atoms with E-state index < -0.39 is 0 Å². The van der Waals surface area contributed by atoms with Crippen LogP contribution in [0.15, 0.2) is 29.3 Å². The topological polar surface area (TPSA) is 54.9 Å². The minimum absolute atomic E-state index is 0.0171. The Labute approximate surface area is 158 Å². The molecule has 0 unspecified atom stereocenters. The molecule has 1 aliphatic heterocycles. The van der Waals surface area contributed by atoms with E-state index in [-0.39, 0.29) is 11.0 Å². The summed E-state index contributed by atoms with van der Waals surface area (Å²) in [6.45, 7) is 14.4. The summed E-state index contributed by atoms with van der Waals surface area (Å²) in [7, 11) is 0. The van der Waals surface area contributed by atoms with Gasteiger partial charge >= 0.3 is 0 Å². The van der Waals surface area contributed by atoms with Crippen molar-refractivity contribution < 1.29 is 9.47 Å². The van der Waals surface area contributed by atoms with E-state index in [9.17, 15) is 0 Å². The zero-order chi connectivity index (χ0) is 19.0. The third-order valence-corrected chi connectivity index (χ3v) is 4.61. The van der Waals surface area contributed by atoms with Gasteiger partial charge in [-0.05, 0) is 65.2 Å². The van der Waals surface area contributed by atoms with E-state index in [1.54, 1.807) is 0 Å². The van der Waals surface area contributed by atoms with Crippen molar-refractivity contribution in [1.82, 2.24) is 10.6 Å². The van der Waals surface area contributed by atoms with Gasteiger partial charge in [-0.1, -0.05) is 12.1 Å². The number of benzene rings is 1. The van der Waals surface area contributed by atoms with Crippen LogP contribution in [0.1, 0.15) is 53.0 Å². The number of hydrogen-bond donors (Lipinski definition) is 2. The van der Waals surface area contributed by atoms with E-state index in [4.69, 9.17) is 14.5 Å². The van der Waals surface area contributed by atoms with Crippen molar-refractivity contribution in [3.8, 4) is 5.75 Å². The first-order chi connectivity index (χ1) is 12.4. The molecule has 0 saturated carbocycles. The summed E-state index contributed by atoms with van der Waals surface area (Å²) in [5.41, 5.74) is 1.31. The van der Waals surface area contributed by atoms with Crippen LogP contribution < -0.4 is 15.4 Å². The molecular formula is C21H35N3O2. The Balaban J connectivity index is 2.23. The predicted octanol–water partition coefficient (Wildman–Crippen LogP) is 3.49. The highest BCUT2D eigenvalue weighted by molar-refractivity contribution is 5.80. The number of guanidine groups is 1. The molecule has 146 valence electrons. The van der Waals surface area contributed by atoms with Crippen LogP contribution >= 0.6 is 0 Å². The molecule has 0 aromatic heterocycles. The van der Waals surface area contributed by atoms with Crippen molar-refractivity contribution in [2.45, 2.75) is 58.4 Å². The number of nitrogens with one attached hydrogen (secondary N) is 2. The Morgan fingerprint density at radius 1 is 1.15 bits per heavy atom. The summed E-state index contributed by atoms with van der Waals surface area (Å²) in [5, 5.41) is 6.84. The Morgan fingerprint density at radius 2 is 1.81 bits per heavy atom. The molecule has 26 heavy (non-hydrogen) atoms. The molecule has 1 heterocycles. The van der Waals surface area contributed by atoms with Crippen LogP contribution in [-0.2, 0) is 10.2 Å². The van der Waals surface area contributed by atoms with Crippen LogP contribution in [0.2, 0.25) is 0 Å². The third kappa shape index (κ3) is 5.90. The lowest BCUT2D eigenvalue weighted by molar-refractivity contribution is 0.0530. The van der Waals surface area contributed by atoms with E-state index in [2.05, 4.69) is 62.6 Å². The summed E-state index contributed by atoms with van der Waals surface area (Å²) >= 11 is 0. The maximum Gasteiger partial charge on any atom is 0.191 e. The van der Waals surface area contributed by atoms with Crippen molar-refractivity contribution in [2.24, 2.45) is 4.99 Å². The normalized spacial score (nSPS) is 17.7. The fraction of sp³-hybridized carbons (Fsp3) is 0.667. The van der Waals surface area contributed by atoms with Crippen molar-refractivity contribution in [1.29, 1.82) is 0 Å². The van der Waals surface area contributed by atoms with Gasteiger partial charge in [-0.2, -0.15) is 0 Å². The molecule has 0 aliphatic carbocycles. The highest BCUT2D eigenvalue weighted by Gasteiger charge is 2.34. The Morgan fingerprint density at radius 3 is 2.35 bits per heavy atom. The SMILES string of the molecule is CCNC(=NCC1(c2ccc(OCC)cc2)CCOCC1)NC(C)(C)C. The lowest BCUT2D eigenvalue weighted by atomic mass is 9.74. The zero-order valence-electron chi connectivity index (χ0n) is 17.0. The second-order valence-corrected chi connectivity index (χ2v) is 7.92. The first-order valence-corrected chi connectivity index (χ1v) is 9.76. The molecule has 1 fully saturated rings. The van der Waals surface area contributed by atoms with Crippen LogP contribution in [0.3, 0.4) is 0 Å². The van der Waals surface area contributed by atoms with Gasteiger partial charge in [0.25, 0.3) is 0 Å². The Kier molecular flexibility index (Phi) is 7.33. The van der Waals surface area contributed by atoms with Gasteiger partial charge in [0.1, 0.15) is 5.75 Å². The van der Waals surface area contributed by atoms with Crippen LogP contribution in [0.25, 0.3) is 0 Å². The molecule has 0 bridgehead atoms. The molecule has 1 aliphatic rings. The van der Waals surface area contributed by atoms with E-state index in [0.717, 1.165) is 50.9 Å². The quantitative estimate of drug-likeness (QED) is 0.602. The fourth-order valence-corrected chi connectivity index (χ4v) is 3.26. The fourth-order valence-electron chi connectivity index (χ4n) is 3.26. The number of hydrogen-bond acceptors (Lipinski definition) is 3. The molecule has 1 saturated heterocycles. The smallest absolute Gasteiger partial charge is 0.191 e. The summed E-state index contributed by atoms with van der Waals surface area (Å²) in [4.78, 5) is 4.94. The third-order valence-electron chi connectivity index (χ3n) is 4.61. The molecule has 1 aromatic rings. The lowest BCUT2D eigenvalue weighted by Gasteiger charge is -2.37. The average molecular weight is 362 g/mol. The molecule has 0 spiro atoms. The van der Waals surface area contributed by atoms with Crippen molar-refractivity contribution in [2.75, 3.05) is 32.9 Å². The largest absolute Gasteiger partial charge is 0.494 e. The van der Waals surface area contributed by atoms with E-state index >= 15 is 0 Å². The van der Waals surface area contributed by atoms with Gasteiger partial charge in [-0.15, -0.1) is 0 Å². The highest BCUT2D eigenvalue weighted by atomic mass is 16.5. The van der Waals surface area contributed by atoms with Crippen molar-refractivity contribution in [3.63, 3.8) is 0 Å². The van der Waals surface area contributed by atoms with Crippen LogP contribution in [0, 0.1) is 0 Å². The highest BCUT2D eigenvalue weighted by Crippen LogP contribution is 2.36. The first-order valence-electron chi connectivity index (χ1n) is 9.76. The number of aliphatic imine (C=N–C) groups is 1. The summed E-state index contributed by atoms with van der Waals surface area (Å²) in [6.07, 6.45) is 1.97. The summed E-state index contributed by atoms with van der Waals surface area (Å²) in [6, 6.07) is 8.52. The molecule has 0 atom stereocenters. The maximum absolute atomic E-state index is 5.64. The van der Waals surface area contributed by atoms with Gasteiger partial charge in [0, 0.05) is 30.7 Å². The van der Waals surface area contributed by atoms with Gasteiger partial charge in [0.2, 0.25) is 0 Å². The molecule has 1 aromatic carbocycles. The van der Waals surface area contributed by atoms with Gasteiger partial charge in [0.15, 0.2) is 5.96 Å². The molecule has 0 radical (unpaired) electrons. The van der Waals surface area contributed by atoms with Crippen LogP contribution in [0.4, 0.5) is 0 Å². The average Bonchev–Trinajstić information content (AvgIpc) is 2.60. The molecule has 2 N–H and O–H groups in total. The Hall–Kier alpha value is -1.75. The van der Waals surface area contributed by atoms with E-state index in [1.807, 2.05) is 6.92 Å². The van der Waals surface area contributed by atoms with Gasteiger partial charge in [-0.25, -0.2) is 0 Å². The first kappa shape index (κ1) is 20.6. The van der Waals surface area contributed by atoms with Crippen LogP contribution in [0.5, 0.6) is 5.75 Å². The molecule has 2 rings (SSSR count). The zero-order valence-corrected chi connectivity index (χ0v) is 17.0. The Bertz CT molecular complexity index is 570. The van der Waals surface area contributed by atoms with Crippen LogP contribution in [-0.4, -0.2) is 44.4 Å². The summed E-state index contributed by atoms with van der Waals surface area (Å²) in [5.74, 6) is 1.79. The maximum atomic E-state index is 5.64. The second-order valence-electron chi connectivity index (χ2n) is 7.92. The number of rotatable bonds is 6. The molecule has 5 nitrogen and oxygen atoms in total. The minimum atomic E-state index is -0.0248. The van der Waals surface area contributed by atoms with Crippen molar-refractivity contribution >= 4 is 5.96 Å². The van der Waals surface area contributed by atoms with Crippen molar-refractivity contribution in [3.05, 3.63) is 29.8 Å². The van der Waals surface area contributed by atoms with E-state index in [0.29, 0.717) is 6.61 Å². The molecule has 0 amide bonds. The predicted molar refractivity (Wildman–Crippen MR) is 108 cm³/mol.